The van der Waals surface area contributed by atoms with Crippen molar-refractivity contribution in [1.29, 1.82) is 5.26 Å². The highest BCUT2D eigenvalue weighted by atomic mass is 16.5. The van der Waals surface area contributed by atoms with Gasteiger partial charge in [0.05, 0.1) is 6.10 Å². The van der Waals surface area contributed by atoms with Gasteiger partial charge in [-0.05, 0) is 25.0 Å². The molecule has 0 spiro atoms. The molecule has 0 aliphatic carbocycles. The van der Waals surface area contributed by atoms with Gasteiger partial charge >= 0.3 is 0 Å². The van der Waals surface area contributed by atoms with Crippen LogP contribution < -0.4 is 4.74 Å². The zero-order valence-electron chi connectivity index (χ0n) is 8.53. The lowest BCUT2D eigenvalue weighted by Gasteiger charge is -2.14. The Morgan fingerprint density at radius 1 is 1.50 bits per heavy atom. The maximum atomic E-state index is 8.81. The van der Waals surface area contributed by atoms with Crippen LogP contribution in [0.4, 0.5) is 0 Å². The van der Waals surface area contributed by atoms with Crippen LogP contribution in [0.3, 0.4) is 0 Å². The summed E-state index contributed by atoms with van der Waals surface area (Å²) in [4.78, 5) is 4.04. The molecule has 1 heterocycles. The van der Waals surface area contributed by atoms with Gasteiger partial charge in [0.25, 0.3) is 0 Å². The van der Waals surface area contributed by atoms with E-state index in [1.165, 1.54) is 0 Å². The Labute approximate surface area is 84.3 Å². The molecule has 0 atom stereocenters. The smallest absolute Gasteiger partial charge is 0.231 e. The molecule has 0 saturated carbocycles. The summed E-state index contributed by atoms with van der Waals surface area (Å²) in [6, 6.07) is 5.51. The van der Waals surface area contributed by atoms with Crippen LogP contribution >= 0.6 is 0 Å². The zero-order chi connectivity index (χ0) is 10.4. The highest BCUT2D eigenvalue weighted by Crippen LogP contribution is 2.16. The molecule has 74 valence electrons. The number of ether oxygens (including phenoxy) is 1. The van der Waals surface area contributed by atoms with Crippen LogP contribution in [0.2, 0.25) is 0 Å². The quantitative estimate of drug-likeness (QED) is 0.732. The van der Waals surface area contributed by atoms with Gasteiger partial charge in [0.15, 0.2) is 0 Å². The number of pyridine rings is 1. The Balaban J connectivity index is 2.80. The molecule has 0 amide bonds. The highest BCUT2D eigenvalue weighted by molar-refractivity contribution is 5.37. The number of rotatable bonds is 4. The van der Waals surface area contributed by atoms with Crippen molar-refractivity contribution in [2.45, 2.75) is 32.8 Å². The Hall–Kier alpha value is -1.56. The number of hydrogen-bond donors (Lipinski definition) is 0. The van der Waals surface area contributed by atoms with Crippen molar-refractivity contribution in [2.75, 3.05) is 0 Å². The van der Waals surface area contributed by atoms with E-state index in [-0.39, 0.29) is 6.10 Å². The summed E-state index contributed by atoms with van der Waals surface area (Å²) in [5.41, 5.74) is 0.499. The second kappa shape index (κ2) is 5.23. The molecule has 0 saturated heterocycles. The van der Waals surface area contributed by atoms with Crippen molar-refractivity contribution < 1.29 is 4.74 Å². The van der Waals surface area contributed by atoms with Crippen molar-refractivity contribution in [3.63, 3.8) is 0 Å². The van der Waals surface area contributed by atoms with Crippen LogP contribution in [0, 0.1) is 11.3 Å². The average Bonchev–Trinajstić information content (AvgIpc) is 2.26. The molecule has 0 bridgehead atoms. The van der Waals surface area contributed by atoms with E-state index in [1.807, 2.05) is 0 Å². The summed E-state index contributed by atoms with van der Waals surface area (Å²) >= 11 is 0. The van der Waals surface area contributed by atoms with E-state index in [0.717, 1.165) is 12.8 Å². The first kappa shape index (κ1) is 10.5. The van der Waals surface area contributed by atoms with Crippen molar-refractivity contribution in [3.8, 4) is 11.9 Å². The minimum atomic E-state index is 0.150. The van der Waals surface area contributed by atoms with Crippen molar-refractivity contribution in [3.05, 3.63) is 23.9 Å². The molecule has 0 aliphatic rings. The predicted octanol–water partition coefficient (Wildman–Crippen LogP) is 2.52. The Kier molecular flexibility index (Phi) is 3.93. The van der Waals surface area contributed by atoms with Gasteiger partial charge in [-0.2, -0.15) is 5.26 Å². The van der Waals surface area contributed by atoms with Gasteiger partial charge < -0.3 is 4.74 Å². The third kappa shape index (κ3) is 2.46. The molecule has 1 rings (SSSR count). The molecule has 3 heteroatoms. The van der Waals surface area contributed by atoms with Gasteiger partial charge in [-0.3, -0.25) is 0 Å². The lowest BCUT2D eigenvalue weighted by atomic mass is 10.2. The summed E-state index contributed by atoms with van der Waals surface area (Å²) in [7, 11) is 0. The second-order valence-electron chi connectivity index (χ2n) is 3.02. The topological polar surface area (TPSA) is 45.9 Å². The summed E-state index contributed by atoms with van der Waals surface area (Å²) < 4.78 is 5.60. The van der Waals surface area contributed by atoms with E-state index >= 15 is 0 Å². The molecule has 0 fully saturated rings. The first-order valence-electron chi connectivity index (χ1n) is 4.83. The zero-order valence-corrected chi connectivity index (χ0v) is 8.53. The number of aromatic nitrogens is 1. The largest absolute Gasteiger partial charge is 0.473 e. The number of nitriles is 1. The van der Waals surface area contributed by atoms with Gasteiger partial charge in [-0.25, -0.2) is 4.98 Å². The summed E-state index contributed by atoms with van der Waals surface area (Å²) in [5, 5.41) is 8.81. The van der Waals surface area contributed by atoms with E-state index < -0.39 is 0 Å². The molecular formula is C11H14N2O. The SMILES string of the molecule is CCC(CC)Oc1ncccc1C#N. The Bertz CT molecular complexity index is 326. The van der Waals surface area contributed by atoms with E-state index in [9.17, 15) is 0 Å². The lowest BCUT2D eigenvalue weighted by molar-refractivity contribution is 0.184. The molecule has 0 unspecified atom stereocenters. The second-order valence-corrected chi connectivity index (χ2v) is 3.02. The number of hydrogen-bond acceptors (Lipinski definition) is 3. The molecule has 0 radical (unpaired) electrons. The van der Waals surface area contributed by atoms with Gasteiger partial charge in [-0.1, -0.05) is 13.8 Å². The fourth-order valence-electron chi connectivity index (χ4n) is 1.18. The van der Waals surface area contributed by atoms with E-state index in [1.54, 1.807) is 18.3 Å². The summed E-state index contributed by atoms with van der Waals surface area (Å²) in [6.07, 6.45) is 3.64. The van der Waals surface area contributed by atoms with Gasteiger partial charge in [0, 0.05) is 6.20 Å². The predicted molar refractivity (Wildman–Crippen MR) is 54.0 cm³/mol. The third-order valence-corrected chi connectivity index (χ3v) is 2.08. The first-order valence-corrected chi connectivity index (χ1v) is 4.83. The van der Waals surface area contributed by atoms with Crippen LogP contribution in [0.15, 0.2) is 18.3 Å². The molecule has 0 aliphatic heterocycles. The van der Waals surface area contributed by atoms with Crippen molar-refractivity contribution in [1.82, 2.24) is 4.98 Å². The Morgan fingerprint density at radius 3 is 2.79 bits per heavy atom. The van der Waals surface area contributed by atoms with Gasteiger partial charge in [0.2, 0.25) is 5.88 Å². The third-order valence-electron chi connectivity index (χ3n) is 2.08. The molecule has 1 aromatic heterocycles. The minimum absolute atomic E-state index is 0.150. The van der Waals surface area contributed by atoms with Crippen molar-refractivity contribution >= 4 is 0 Å². The molecular weight excluding hydrogens is 176 g/mol. The Morgan fingerprint density at radius 2 is 2.21 bits per heavy atom. The summed E-state index contributed by atoms with van der Waals surface area (Å²) in [6.45, 7) is 4.12. The maximum Gasteiger partial charge on any atom is 0.231 e. The molecule has 3 nitrogen and oxygen atoms in total. The monoisotopic (exact) mass is 190 g/mol. The minimum Gasteiger partial charge on any atom is -0.473 e. The van der Waals surface area contributed by atoms with Crippen LogP contribution in [0.1, 0.15) is 32.3 Å². The van der Waals surface area contributed by atoms with Gasteiger partial charge in [-0.15, -0.1) is 0 Å². The maximum absolute atomic E-state index is 8.81. The van der Waals surface area contributed by atoms with Crippen LogP contribution in [0.25, 0.3) is 0 Å². The molecule has 14 heavy (non-hydrogen) atoms. The van der Waals surface area contributed by atoms with Gasteiger partial charge in [0.1, 0.15) is 11.6 Å². The number of nitrogens with zero attached hydrogens (tertiary/aromatic N) is 2. The van der Waals surface area contributed by atoms with Crippen LogP contribution in [-0.2, 0) is 0 Å². The standard InChI is InChI=1S/C11H14N2O/c1-3-10(4-2)14-11-9(8-12)6-5-7-13-11/h5-7,10H,3-4H2,1-2H3. The van der Waals surface area contributed by atoms with E-state index in [4.69, 9.17) is 10.00 Å². The molecule has 1 aromatic rings. The van der Waals surface area contributed by atoms with E-state index in [2.05, 4.69) is 24.9 Å². The van der Waals surface area contributed by atoms with Crippen LogP contribution in [-0.4, -0.2) is 11.1 Å². The molecule has 0 aromatic carbocycles. The van der Waals surface area contributed by atoms with Crippen molar-refractivity contribution in [2.24, 2.45) is 0 Å². The summed E-state index contributed by atoms with van der Waals surface area (Å²) in [5.74, 6) is 0.448. The molecule has 0 N–H and O–H groups in total. The normalized spacial score (nSPS) is 9.86. The van der Waals surface area contributed by atoms with Crippen LogP contribution in [0.5, 0.6) is 5.88 Å². The fourth-order valence-corrected chi connectivity index (χ4v) is 1.18. The fraction of sp³-hybridized carbons (Fsp3) is 0.455. The highest BCUT2D eigenvalue weighted by Gasteiger charge is 2.09. The first-order chi connectivity index (χ1) is 6.81. The average molecular weight is 190 g/mol. The lowest BCUT2D eigenvalue weighted by Crippen LogP contribution is -2.15. The van der Waals surface area contributed by atoms with E-state index in [0.29, 0.717) is 11.4 Å².